The second-order valence-corrected chi connectivity index (χ2v) is 8.10. The third-order valence-electron chi connectivity index (χ3n) is 3.15. The van der Waals surface area contributed by atoms with Crippen molar-refractivity contribution in [2.24, 2.45) is 11.7 Å². The normalized spacial score (nSPS) is 25.8. The molecular formula is C11H18N2O2S2. The Morgan fingerprint density at radius 1 is 1.65 bits per heavy atom. The minimum atomic E-state index is -2.94. The van der Waals surface area contributed by atoms with Crippen molar-refractivity contribution in [2.75, 3.05) is 12.0 Å². The van der Waals surface area contributed by atoms with Gasteiger partial charge in [0, 0.05) is 23.6 Å². The highest BCUT2D eigenvalue weighted by atomic mass is 32.2. The van der Waals surface area contributed by atoms with Crippen LogP contribution in [0.2, 0.25) is 0 Å². The van der Waals surface area contributed by atoms with E-state index in [-0.39, 0.29) is 11.8 Å². The maximum Gasteiger partial charge on any atom is 0.147 e. The van der Waals surface area contributed by atoms with Gasteiger partial charge in [-0.1, -0.05) is 6.92 Å². The highest BCUT2D eigenvalue weighted by Gasteiger charge is 2.36. The van der Waals surface area contributed by atoms with Crippen LogP contribution in [-0.2, 0) is 9.84 Å². The van der Waals surface area contributed by atoms with Crippen molar-refractivity contribution < 1.29 is 8.42 Å². The Hall–Kier alpha value is -0.460. The Morgan fingerprint density at radius 3 is 2.82 bits per heavy atom. The fraction of sp³-hybridized carbons (Fsp3) is 0.727. The first-order chi connectivity index (χ1) is 7.87. The fourth-order valence-corrected chi connectivity index (χ4v) is 3.61. The van der Waals surface area contributed by atoms with Crippen LogP contribution in [0.4, 0.5) is 0 Å². The van der Waals surface area contributed by atoms with Gasteiger partial charge in [-0.05, 0) is 18.8 Å². The molecule has 1 aliphatic rings. The molecule has 4 nitrogen and oxygen atoms in total. The molecule has 96 valence electrons. The molecule has 3 atom stereocenters. The lowest BCUT2D eigenvalue weighted by molar-refractivity contribution is 0.590. The van der Waals surface area contributed by atoms with Gasteiger partial charge in [-0.3, -0.25) is 0 Å². The molecule has 3 unspecified atom stereocenters. The maximum atomic E-state index is 11.1. The predicted molar refractivity (Wildman–Crippen MR) is 69.9 cm³/mol. The predicted octanol–water partition coefficient (Wildman–Crippen LogP) is 1.70. The lowest BCUT2D eigenvalue weighted by Gasteiger charge is -2.07. The summed E-state index contributed by atoms with van der Waals surface area (Å²) in [6.07, 6.45) is 2.89. The van der Waals surface area contributed by atoms with Gasteiger partial charge in [0.05, 0.1) is 16.5 Å². The Balaban J connectivity index is 1.95. The van der Waals surface area contributed by atoms with Gasteiger partial charge in [0.1, 0.15) is 9.84 Å². The lowest BCUT2D eigenvalue weighted by atomic mass is 10.2. The van der Waals surface area contributed by atoms with Gasteiger partial charge in [-0.2, -0.15) is 0 Å². The third-order valence-corrected chi connectivity index (χ3v) is 5.12. The summed E-state index contributed by atoms with van der Waals surface area (Å²) in [5.74, 6) is 1.47. The van der Waals surface area contributed by atoms with Crippen LogP contribution < -0.4 is 5.73 Å². The summed E-state index contributed by atoms with van der Waals surface area (Å²) in [7, 11) is -2.94. The Labute approximate surface area is 106 Å². The first-order valence-corrected chi connectivity index (χ1v) is 8.69. The van der Waals surface area contributed by atoms with E-state index in [1.54, 1.807) is 11.3 Å². The Kier molecular flexibility index (Phi) is 3.56. The molecule has 1 aromatic rings. The van der Waals surface area contributed by atoms with E-state index in [1.807, 2.05) is 5.38 Å². The van der Waals surface area contributed by atoms with E-state index in [2.05, 4.69) is 11.9 Å². The van der Waals surface area contributed by atoms with Crippen molar-refractivity contribution in [3.05, 3.63) is 16.1 Å². The Bertz CT molecular complexity index is 495. The number of nitrogens with two attached hydrogens (primary N) is 1. The summed E-state index contributed by atoms with van der Waals surface area (Å²) in [6, 6.07) is -0.260. The average Bonchev–Trinajstić information content (AvgIpc) is 2.79. The van der Waals surface area contributed by atoms with E-state index in [0.29, 0.717) is 12.3 Å². The average molecular weight is 274 g/mol. The van der Waals surface area contributed by atoms with E-state index < -0.39 is 9.84 Å². The number of thiazole rings is 1. The van der Waals surface area contributed by atoms with Crippen LogP contribution in [0.15, 0.2) is 5.38 Å². The molecule has 2 N–H and O–H groups in total. The molecule has 1 saturated carbocycles. The van der Waals surface area contributed by atoms with Gasteiger partial charge in [0.25, 0.3) is 0 Å². The van der Waals surface area contributed by atoms with Gasteiger partial charge >= 0.3 is 0 Å². The highest BCUT2D eigenvalue weighted by molar-refractivity contribution is 7.90. The smallest absolute Gasteiger partial charge is 0.147 e. The van der Waals surface area contributed by atoms with Crippen molar-refractivity contribution in [1.82, 2.24) is 4.98 Å². The standard InChI is InChI=1S/C11H18N2O2S2/c1-7-5-8(7)11-13-10(6-16-11)9(12)3-4-17(2,14)15/h6-9H,3-5,12H2,1-2H3. The molecule has 2 rings (SSSR count). The summed E-state index contributed by atoms with van der Waals surface area (Å²) in [6.45, 7) is 2.22. The van der Waals surface area contributed by atoms with Gasteiger partial charge < -0.3 is 5.73 Å². The number of hydrogen-bond donors (Lipinski definition) is 1. The molecule has 17 heavy (non-hydrogen) atoms. The molecule has 1 fully saturated rings. The molecule has 0 amide bonds. The molecule has 0 saturated heterocycles. The summed E-state index contributed by atoms with van der Waals surface area (Å²) in [4.78, 5) is 4.52. The van der Waals surface area contributed by atoms with Crippen LogP contribution in [0, 0.1) is 5.92 Å². The van der Waals surface area contributed by atoms with Crippen molar-refractivity contribution in [3.63, 3.8) is 0 Å². The zero-order valence-electron chi connectivity index (χ0n) is 10.1. The van der Waals surface area contributed by atoms with Crippen molar-refractivity contribution >= 4 is 21.2 Å². The fourth-order valence-electron chi connectivity index (χ4n) is 1.80. The zero-order chi connectivity index (χ0) is 12.6. The molecule has 1 heterocycles. The molecule has 0 aliphatic heterocycles. The second-order valence-electron chi connectivity index (χ2n) is 4.96. The summed E-state index contributed by atoms with van der Waals surface area (Å²) in [5.41, 5.74) is 6.79. The van der Waals surface area contributed by atoms with Gasteiger partial charge in [0.15, 0.2) is 0 Å². The summed E-state index contributed by atoms with van der Waals surface area (Å²) >= 11 is 1.65. The van der Waals surface area contributed by atoms with Gasteiger partial charge in [-0.15, -0.1) is 11.3 Å². The molecule has 1 aliphatic carbocycles. The maximum absolute atomic E-state index is 11.1. The molecule has 0 bridgehead atoms. The molecular weight excluding hydrogens is 256 g/mol. The number of aromatic nitrogens is 1. The van der Waals surface area contributed by atoms with E-state index in [4.69, 9.17) is 5.73 Å². The number of nitrogens with zero attached hydrogens (tertiary/aromatic N) is 1. The van der Waals surface area contributed by atoms with Crippen molar-refractivity contribution in [3.8, 4) is 0 Å². The number of hydrogen-bond acceptors (Lipinski definition) is 5. The third kappa shape index (κ3) is 3.50. The summed E-state index contributed by atoms with van der Waals surface area (Å²) in [5, 5.41) is 3.12. The first-order valence-electron chi connectivity index (χ1n) is 5.75. The quantitative estimate of drug-likeness (QED) is 0.887. The van der Waals surface area contributed by atoms with Gasteiger partial charge in [-0.25, -0.2) is 13.4 Å². The van der Waals surface area contributed by atoms with Crippen molar-refractivity contribution in [2.45, 2.75) is 31.7 Å². The zero-order valence-corrected chi connectivity index (χ0v) is 11.7. The monoisotopic (exact) mass is 274 g/mol. The van der Waals surface area contributed by atoms with Crippen LogP contribution >= 0.6 is 11.3 Å². The molecule has 0 spiro atoms. The molecule has 0 radical (unpaired) electrons. The van der Waals surface area contributed by atoms with Crippen molar-refractivity contribution in [1.29, 1.82) is 0 Å². The van der Waals surface area contributed by atoms with Crippen LogP contribution in [0.25, 0.3) is 0 Å². The van der Waals surface area contributed by atoms with E-state index in [9.17, 15) is 8.42 Å². The van der Waals surface area contributed by atoms with Crippen LogP contribution in [-0.4, -0.2) is 25.4 Å². The molecule has 6 heteroatoms. The molecule has 1 aromatic heterocycles. The number of rotatable bonds is 5. The number of sulfone groups is 1. The largest absolute Gasteiger partial charge is 0.323 e. The van der Waals surface area contributed by atoms with E-state index >= 15 is 0 Å². The molecule has 0 aromatic carbocycles. The van der Waals surface area contributed by atoms with E-state index in [1.165, 1.54) is 12.7 Å². The summed E-state index contributed by atoms with van der Waals surface area (Å²) < 4.78 is 22.1. The first kappa shape index (κ1) is 13.0. The highest BCUT2D eigenvalue weighted by Crippen LogP contribution is 2.48. The SMILES string of the molecule is CC1CC1c1nc(C(N)CCS(C)(=O)=O)cs1. The Morgan fingerprint density at radius 2 is 2.29 bits per heavy atom. The van der Waals surface area contributed by atoms with Gasteiger partial charge in [0.2, 0.25) is 0 Å². The second kappa shape index (κ2) is 4.66. The van der Waals surface area contributed by atoms with Crippen LogP contribution in [0.3, 0.4) is 0 Å². The minimum Gasteiger partial charge on any atom is -0.323 e. The lowest BCUT2D eigenvalue weighted by Crippen LogP contribution is -2.16. The van der Waals surface area contributed by atoms with Crippen LogP contribution in [0.5, 0.6) is 0 Å². The van der Waals surface area contributed by atoms with E-state index in [0.717, 1.165) is 16.6 Å². The minimum absolute atomic E-state index is 0.126. The van der Waals surface area contributed by atoms with Crippen LogP contribution in [0.1, 0.15) is 42.4 Å². The topological polar surface area (TPSA) is 73.0 Å².